The van der Waals surface area contributed by atoms with Crippen LogP contribution < -0.4 is 0 Å². The van der Waals surface area contributed by atoms with Crippen molar-refractivity contribution in [1.29, 1.82) is 5.26 Å². The molecule has 3 nitrogen and oxygen atoms in total. The summed E-state index contributed by atoms with van der Waals surface area (Å²) in [5.74, 6) is -0.155. The predicted molar refractivity (Wildman–Crippen MR) is 39.1 cm³/mol. The molecule has 0 aromatic carbocycles. The van der Waals surface area contributed by atoms with Gasteiger partial charge in [-0.3, -0.25) is 0 Å². The Bertz CT molecular complexity index is 199. The van der Waals surface area contributed by atoms with Gasteiger partial charge in [0.2, 0.25) is 0 Å². The molecule has 2 atom stereocenters. The molecule has 11 heavy (non-hydrogen) atoms. The largest absolute Gasteiger partial charge is 0.449 e. The van der Waals surface area contributed by atoms with Gasteiger partial charge in [0.1, 0.15) is 6.10 Å². The molecule has 0 bridgehead atoms. The Morgan fingerprint density at radius 1 is 1.64 bits per heavy atom. The van der Waals surface area contributed by atoms with Gasteiger partial charge in [0.25, 0.3) is 0 Å². The van der Waals surface area contributed by atoms with Crippen LogP contribution in [0.15, 0.2) is 0 Å². The summed E-state index contributed by atoms with van der Waals surface area (Å²) < 4.78 is 4.72. The minimum absolute atomic E-state index is 0.155. The molecule has 1 fully saturated rings. The number of carbonyl (C=O) groups excluding carboxylic acids is 1. The number of nitriles is 1. The molecule has 0 N–H and O–H groups in total. The molecule has 1 aliphatic rings. The van der Waals surface area contributed by atoms with Crippen LogP contribution in [0, 0.1) is 17.2 Å². The van der Waals surface area contributed by atoms with Crippen molar-refractivity contribution in [3.63, 3.8) is 0 Å². The lowest BCUT2D eigenvalue weighted by Gasteiger charge is -2.11. The number of ether oxygens (including phenoxy) is 1. The van der Waals surface area contributed by atoms with Gasteiger partial charge in [-0.1, -0.05) is 0 Å². The Kier molecular flexibility index (Phi) is 2.72. The fourth-order valence-electron chi connectivity index (χ4n) is 1.33. The van der Waals surface area contributed by atoms with Crippen molar-refractivity contribution in [2.45, 2.75) is 25.4 Å². The second-order valence-electron chi connectivity index (χ2n) is 2.56. The molecule has 0 amide bonds. The molecule has 0 aromatic rings. The minimum atomic E-state index is -0.808. The van der Waals surface area contributed by atoms with Crippen LogP contribution in [-0.2, 0) is 4.74 Å². The Morgan fingerprint density at radius 3 is 2.91 bits per heavy atom. The summed E-state index contributed by atoms with van der Waals surface area (Å²) in [7, 11) is 0. The van der Waals surface area contributed by atoms with E-state index in [4.69, 9.17) is 21.6 Å². The quantitative estimate of drug-likeness (QED) is 0.571. The van der Waals surface area contributed by atoms with Gasteiger partial charge in [0.05, 0.1) is 12.0 Å². The zero-order valence-corrected chi connectivity index (χ0v) is 6.67. The first-order valence-electron chi connectivity index (χ1n) is 3.50. The lowest BCUT2D eigenvalue weighted by Crippen LogP contribution is -2.17. The molecule has 2 unspecified atom stereocenters. The number of nitrogens with zero attached hydrogens (tertiary/aromatic N) is 1. The third-order valence-electron chi connectivity index (χ3n) is 1.86. The highest BCUT2D eigenvalue weighted by atomic mass is 35.5. The van der Waals surface area contributed by atoms with Crippen LogP contribution in [-0.4, -0.2) is 11.5 Å². The number of carbonyl (C=O) groups is 1. The average molecular weight is 174 g/mol. The van der Waals surface area contributed by atoms with Crippen molar-refractivity contribution in [3.8, 4) is 6.07 Å². The van der Waals surface area contributed by atoms with Crippen LogP contribution >= 0.6 is 11.6 Å². The van der Waals surface area contributed by atoms with Crippen molar-refractivity contribution in [2.24, 2.45) is 5.92 Å². The number of rotatable bonds is 1. The molecule has 0 radical (unpaired) electrons. The third-order valence-corrected chi connectivity index (χ3v) is 1.95. The van der Waals surface area contributed by atoms with Gasteiger partial charge >= 0.3 is 5.43 Å². The van der Waals surface area contributed by atoms with Gasteiger partial charge in [-0.05, 0) is 19.3 Å². The topological polar surface area (TPSA) is 50.1 Å². The van der Waals surface area contributed by atoms with E-state index in [1.54, 1.807) is 0 Å². The Labute approximate surface area is 69.9 Å². The summed E-state index contributed by atoms with van der Waals surface area (Å²) in [6, 6.07) is 2.08. The first-order valence-corrected chi connectivity index (χ1v) is 3.87. The van der Waals surface area contributed by atoms with Crippen LogP contribution in [0.2, 0.25) is 0 Å². The van der Waals surface area contributed by atoms with Gasteiger partial charge in [0, 0.05) is 11.6 Å². The van der Waals surface area contributed by atoms with Crippen LogP contribution in [0.25, 0.3) is 0 Å². The lowest BCUT2D eigenvalue weighted by atomic mass is 10.1. The Hall–Kier alpha value is -0.750. The maximum absolute atomic E-state index is 10.3. The number of hydrogen-bond acceptors (Lipinski definition) is 3. The first-order chi connectivity index (χ1) is 5.24. The standard InChI is InChI=1S/C7H8ClNO2/c8-7(10)11-6-3-1-2-5(6)4-9/h5-6H,1-3H2. The van der Waals surface area contributed by atoms with E-state index in [-0.39, 0.29) is 12.0 Å². The zero-order chi connectivity index (χ0) is 8.27. The number of hydrogen-bond donors (Lipinski definition) is 0. The van der Waals surface area contributed by atoms with Crippen LogP contribution in [0.3, 0.4) is 0 Å². The molecule has 1 rings (SSSR count). The molecule has 0 heterocycles. The van der Waals surface area contributed by atoms with Crippen molar-refractivity contribution in [2.75, 3.05) is 0 Å². The summed E-state index contributed by atoms with van der Waals surface area (Å²) in [4.78, 5) is 10.3. The van der Waals surface area contributed by atoms with Crippen molar-refractivity contribution >= 4 is 17.0 Å². The maximum Gasteiger partial charge on any atom is 0.404 e. The molecule has 0 saturated heterocycles. The fourth-order valence-corrected chi connectivity index (χ4v) is 1.45. The Morgan fingerprint density at radius 2 is 2.36 bits per heavy atom. The monoisotopic (exact) mass is 173 g/mol. The van der Waals surface area contributed by atoms with Crippen LogP contribution in [0.5, 0.6) is 0 Å². The molecule has 60 valence electrons. The van der Waals surface area contributed by atoms with E-state index in [0.717, 1.165) is 19.3 Å². The van der Waals surface area contributed by atoms with Gasteiger partial charge in [0.15, 0.2) is 0 Å². The van der Waals surface area contributed by atoms with Gasteiger partial charge < -0.3 is 4.74 Å². The predicted octanol–water partition coefficient (Wildman–Crippen LogP) is 2.05. The van der Waals surface area contributed by atoms with Crippen LogP contribution in [0.4, 0.5) is 4.79 Å². The smallest absolute Gasteiger partial charge is 0.404 e. The molecule has 1 saturated carbocycles. The second-order valence-corrected chi connectivity index (χ2v) is 2.87. The molecule has 1 aliphatic carbocycles. The van der Waals surface area contributed by atoms with Gasteiger partial charge in [-0.15, -0.1) is 0 Å². The van der Waals surface area contributed by atoms with E-state index in [9.17, 15) is 4.79 Å². The maximum atomic E-state index is 10.3. The fraction of sp³-hybridized carbons (Fsp3) is 0.714. The summed E-state index contributed by atoms with van der Waals surface area (Å²) in [5, 5.41) is 8.56. The molecular weight excluding hydrogens is 166 g/mol. The van der Waals surface area contributed by atoms with E-state index in [2.05, 4.69) is 6.07 Å². The van der Waals surface area contributed by atoms with E-state index in [1.165, 1.54) is 0 Å². The van der Waals surface area contributed by atoms with E-state index in [1.807, 2.05) is 0 Å². The zero-order valence-electron chi connectivity index (χ0n) is 5.92. The normalized spacial score (nSPS) is 29.5. The Balaban J connectivity index is 2.45. The van der Waals surface area contributed by atoms with Gasteiger partial charge in [-0.2, -0.15) is 5.26 Å². The lowest BCUT2D eigenvalue weighted by molar-refractivity contribution is 0.110. The summed E-state index contributed by atoms with van der Waals surface area (Å²) in [5.41, 5.74) is -0.808. The summed E-state index contributed by atoms with van der Waals surface area (Å²) in [6.07, 6.45) is 2.24. The first kappa shape index (κ1) is 8.35. The number of halogens is 1. The van der Waals surface area contributed by atoms with Crippen molar-refractivity contribution < 1.29 is 9.53 Å². The molecule has 0 spiro atoms. The molecular formula is C7H8ClNO2. The molecule has 0 aromatic heterocycles. The van der Waals surface area contributed by atoms with Crippen molar-refractivity contribution in [3.05, 3.63) is 0 Å². The minimum Gasteiger partial charge on any atom is -0.449 e. The van der Waals surface area contributed by atoms with Gasteiger partial charge in [-0.25, -0.2) is 4.79 Å². The highest BCUT2D eigenvalue weighted by molar-refractivity contribution is 6.61. The summed E-state index contributed by atoms with van der Waals surface area (Å²) in [6.45, 7) is 0. The average Bonchev–Trinajstić information content (AvgIpc) is 2.34. The van der Waals surface area contributed by atoms with E-state index in [0.29, 0.717) is 0 Å². The van der Waals surface area contributed by atoms with E-state index >= 15 is 0 Å². The van der Waals surface area contributed by atoms with Crippen molar-refractivity contribution in [1.82, 2.24) is 0 Å². The SMILES string of the molecule is N#CC1CCCC1OC(=O)Cl. The molecule has 0 aliphatic heterocycles. The molecule has 4 heteroatoms. The van der Waals surface area contributed by atoms with E-state index < -0.39 is 5.43 Å². The highest BCUT2D eigenvalue weighted by Gasteiger charge is 2.29. The highest BCUT2D eigenvalue weighted by Crippen LogP contribution is 2.27. The van der Waals surface area contributed by atoms with Crippen LogP contribution in [0.1, 0.15) is 19.3 Å². The third kappa shape index (κ3) is 2.09. The summed E-state index contributed by atoms with van der Waals surface area (Å²) >= 11 is 5.01. The second kappa shape index (κ2) is 3.59.